The van der Waals surface area contributed by atoms with Crippen molar-refractivity contribution in [3.8, 4) is 0 Å². The zero-order valence-corrected chi connectivity index (χ0v) is 13.5. The van der Waals surface area contributed by atoms with Gasteiger partial charge in [-0.3, -0.25) is 0 Å². The summed E-state index contributed by atoms with van der Waals surface area (Å²) in [5, 5.41) is 0. The normalized spacial score (nSPS) is 12.8. The first-order valence-electron chi connectivity index (χ1n) is 6.78. The van der Waals surface area contributed by atoms with Gasteiger partial charge in [-0.1, -0.05) is 0 Å². The fourth-order valence-corrected chi connectivity index (χ4v) is 3.19. The van der Waals surface area contributed by atoms with E-state index in [0.717, 1.165) is 5.69 Å². The molecule has 1 rings (SSSR count). The number of nitrogens with zero attached hydrogens (tertiary/aromatic N) is 1. The van der Waals surface area contributed by atoms with E-state index < -0.39 is 15.6 Å². The third-order valence-electron chi connectivity index (χ3n) is 3.04. The van der Waals surface area contributed by atoms with Crippen molar-refractivity contribution in [3.63, 3.8) is 0 Å². The Kier molecular flexibility index (Phi) is 5.76. The van der Waals surface area contributed by atoms with Crippen LogP contribution in [-0.2, 0) is 27.8 Å². The number of hydrogen-bond acceptors (Lipinski definition) is 4. The number of rotatable bonds is 8. The summed E-state index contributed by atoms with van der Waals surface area (Å²) in [7, 11) is -3.54. The van der Waals surface area contributed by atoms with Gasteiger partial charge in [-0.15, -0.1) is 0 Å². The topological polar surface area (TPSA) is 86.3 Å². The van der Waals surface area contributed by atoms with Crippen LogP contribution in [-0.4, -0.2) is 31.7 Å². The Hall–Kier alpha value is -0.890. The van der Waals surface area contributed by atoms with E-state index in [9.17, 15) is 8.42 Å². The molecule has 116 valence electrons. The maximum absolute atomic E-state index is 12.3. The van der Waals surface area contributed by atoms with Gasteiger partial charge in [0.15, 0.2) is 0 Å². The van der Waals surface area contributed by atoms with E-state index in [2.05, 4.69) is 4.72 Å². The molecule has 0 unspecified atom stereocenters. The van der Waals surface area contributed by atoms with Crippen LogP contribution in [0.2, 0.25) is 0 Å². The van der Waals surface area contributed by atoms with E-state index in [-0.39, 0.29) is 11.4 Å². The van der Waals surface area contributed by atoms with Crippen molar-refractivity contribution < 1.29 is 13.2 Å². The van der Waals surface area contributed by atoms with Crippen molar-refractivity contribution in [2.24, 2.45) is 5.73 Å². The van der Waals surface area contributed by atoms with Gasteiger partial charge < -0.3 is 15.0 Å². The number of ether oxygens (including phenoxy) is 1. The highest BCUT2D eigenvalue weighted by Gasteiger charge is 2.23. The highest BCUT2D eigenvalue weighted by atomic mass is 32.2. The lowest BCUT2D eigenvalue weighted by Crippen LogP contribution is -2.40. The van der Waals surface area contributed by atoms with Gasteiger partial charge >= 0.3 is 0 Å². The predicted octanol–water partition coefficient (Wildman–Crippen LogP) is 1.06. The zero-order valence-electron chi connectivity index (χ0n) is 12.6. The Morgan fingerprint density at radius 2 is 2.05 bits per heavy atom. The van der Waals surface area contributed by atoms with E-state index in [1.807, 2.05) is 32.3 Å². The van der Waals surface area contributed by atoms with Gasteiger partial charge in [-0.25, -0.2) is 13.1 Å². The largest absolute Gasteiger partial charge is 0.375 e. The molecule has 1 aromatic heterocycles. The van der Waals surface area contributed by atoms with Crippen molar-refractivity contribution in [1.82, 2.24) is 9.29 Å². The lowest BCUT2D eigenvalue weighted by Gasteiger charge is -2.24. The van der Waals surface area contributed by atoms with Crippen molar-refractivity contribution in [1.29, 1.82) is 0 Å². The minimum absolute atomic E-state index is 0.221. The second-order valence-corrected chi connectivity index (χ2v) is 6.94. The fourth-order valence-electron chi connectivity index (χ4n) is 1.93. The van der Waals surface area contributed by atoms with Crippen LogP contribution in [0.5, 0.6) is 0 Å². The van der Waals surface area contributed by atoms with Crippen LogP contribution in [0.25, 0.3) is 0 Å². The third kappa shape index (κ3) is 4.31. The van der Waals surface area contributed by atoms with Crippen molar-refractivity contribution in [2.75, 3.05) is 13.2 Å². The van der Waals surface area contributed by atoms with Gasteiger partial charge in [0.25, 0.3) is 0 Å². The molecule has 0 saturated heterocycles. The highest BCUT2D eigenvalue weighted by Crippen LogP contribution is 2.15. The molecule has 7 heteroatoms. The molecule has 0 aliphatic rings. The summed E-state index contributed by atoms with van der Waals surface area (Å²) in [6, 6.07) is 1.61. The number of sulfonamides is 1. The van der Waals surface area contributed by atoms with Crippen LogP contribution in [0.4, 0.5) is 0 Å². The lowest BCUT2D eigenvalue weighted by atomic mass is 10.1. The molecule has 0 aliphatic heterocycles. The summed E-state index contributed by atoms with van der Waals surface area (Å²) in [6.45, 7) is 9.28. The maximum Gasteiger partial charge on any atom is 0.242 e. The number of nitrogens with one attached hydrogen (secondary N) is 1. The monoisotopic (exact) mass is 303 g/mol. The van der Waals surface area contributed by atoms with Crippen molar-refractivity contribution >= 4 is 10.0 Å². The maximum atomic E-state index is 12.3. The van der Waals surface area contributed by atoms with Crippen molar-refractivity contribution in [3.05, 3.63) is 18.0 Å². The molecule has 0 aromatic carbocycles. The van der Waals surface area contributed by atoms with Gasteiger partial charge in [-0.05, 0) is 33.8 Å². The average Bonchev–Trinajstić information content (AvgIpc) is 2.80. The van der Waals surface area contributed by atoms with E-state index in [1.165, 1.54) is 0 Å². The Labute approximate surface area is 121 Å². The van der Waals surface area contributed by atoms with Crippen LogP contribution in [0.1, 0.15) is 33.4 Å². The second-order valence-electron chi connectivity index (χ2n) is 5.17. The quantitative estimate of drug-likeness (QED) is 0.752. The van der Waals surface area contributed by atoms with Gasteiger partial charge in [0.05, 0.1) is 10.5 Å². The standard InChI is InChI=1S/C13H25N3O3S/c1-5-16-9-12(7-11(16)8-14)20(17,18)15-10-13(3,4)19-6-2/h7,9,15H,5-6,8,10,14H2,1-4H3. The molecule has 6 nitrogen and oxygen atoms in total. The number of hydrogen-bond donors (Lipinski definition) is 2. The third-order valence-corrected chi connectivity index (χ3v) is 4.41. The molecular formula is C13H25N3O3S. The van der Waals surface area contributed by atoms with Crippen LogP contribution < -0.4 is 10.5 Å². The molecular weight excluding hydrogens is 278 g/mol. The van der Waals surface area contributed by atoms with E-state index in [4.69, 9.17) is 10.5 Å². The molecule has 0 atom stereocenters. The molecule has 0 amide bonds. The van der Waals surface area contributed by atoms with Gasteiger partial charge in [-0.2, -0.15) is 0 Å². The van der Waals surface area contributed by atoms with Crippen LogP contribution in [0.15, 0.2) is 17.2 Å². The zero-order chi connectivity index (χ0) is 15.4. The lowest BCUT2D eigenvalue weighted by molar-refractivity contribution is -0.00515. The van der Waals surface area contributed by atoms with Crippen LogP contribution >= 0.6 is 0 Å². The summed E-state index contributed by atoms with van der Waals surface area (Å²) in [6.07, 6.45) is 1.61. The Balaban J connectivity index is 2.86. The summed E-state index contributed by atoms with van der Waals surface area (Å²) in [5.74, 6) is 0. The van der Waals surface area contributed by atoms with Crippen LogP contribution in [0.3, 0.4) is 0 Å². The van der Waals surface area contributed by atoms with E-state index in [1.54, 1.807) is 12.3 Å². The summed E-state index contributed by atoms with van der Waals surface area (Å²) in [5.41, 5.74) is 5.88. The van der Waals surface area contributed by atoms with Gasteiger partial charge in [0.2, 0.25) is 10.0 Å². The highest BCUT2D eigenvalue weighted by molar-refractivity contribution is 7.89. The number of nitrogens with two attached hydrogens (primary N) is 1. The molecule has 3 N–H and O–H groups in total. The molecule has 0 bridgehead atoms. The van der Waals surface area contributed by atoms with E-state index in [0.29, 0.717) is 19.7 Å². The predicted molar refractivity (Wildman–Crippen MR) is 78.9 cm³/mol. The average molecular weight is 303 g/mol. The summed E-state index contributed by atoms with van der Waals surface area (Å²) in [4.78, 5) is 0.243. The summed E-state index contributed by atoms with van der Waals surface area (Å²) >= 11 is 0. The molecule has 20 heavy (non-hydrogen) atoms. The molecule has 0 fully saturated rings. The molecule has 0 radical (unpaired) electrons. The minimum Gasteiger partial charge on any atom is -0.375 e. The first-order chi connectivity index (χ1) is 9.25. The molecule has 1 heterocycles. The summed E-state index contributed by atoms with van der Waals surface area (Å²) < 4.78 is 34.4. The molecule has 0 saturated carbocycles. The van der Waals surface area contributed by atoms with Crippen LogP contribution in [0, 0.1) is 0 Å². The second kappa shape index (κ2) is 6.71. The smallest absolute Gasteiger partial charge is 0.242 e. The SMILES string of the molecule is CCOC(C)(C)CNS(=O)(=O)c1cc(CN)n(CC)c1. The molecule has 0 spiro atoms. The first kappa shape index (κ1) is 17.2. The number of aryl methyl sites for hydroxylation is 1. The van der Waals surface area contributed by atoms with E-state index >= 15 is 0 Å². The Bertz CT molecular complexity index is 514. The fraction of sp³-hybridized carbons (Fsp3) is 0.692. The number of aromatic nitrogens is 1. The molecule has 0 aliphatic carbocycles. The first-order valence-corrected chi connectivity index (χ1v) is 8.26. The molecule has 1 aromatic rings. The Morgan fingerprint density at radius 1 is 1.40 bits per heavy atom. The Morgan fingerprint density at radius 3 is 2.50 bits per heavy atom. The minimum atomic E-state index is -3.54. The van der Waals surface area contributed by atoms with Gasteiger partial charge in [0.1, 0.15) is 0 Å². The van der Waals surface area contributed by atoms with Crippen molar-refractivity contribution in [2.45, 2.75) is 51.3 Å². The van der Waals surface area contributed by atoms with Gasteiger partial charge in [0, 0.05) is 38.1 Å².